The van der Waals surface area contributed by atoms with Crippen LogP contribution in [0, 0.1) is 0 Å². The third-order valence-electron chi connectivity index (χ3n) is 3.93. The van der Waals surface area contributed by atoms with Crippen LogP contribution in [0.1, 0.15) is 24.2 Å². The Morgan fingerprint density at radius 2 is 2.00 bits per heavy atom. The summed E-state index contributed by atoms with van der Waals surface area (Å²) in [5.74, 6) is -1.01. The van der Waals surface area contributed by atoms with E-state index in [1.165, 1.54) is 0 Å². The highest BCUT2D eigenvalue weighted by atomic mass is 35.5. The standard InChI is InChI=1S/C19H16Cl2N2O4/c1-11(13-7-6-12(20)8-15(13)21)22-18(24)10-26-19(25)9-16-14-4-2-3-5-17(14)27-23-16/h2-8,11H,9-10H2,1H3,(H,22,24)/t11-/m1/s1. The number of rotatable bonds is 6. The number of nitrogens with one attached hydrogen (secondary N) is 1. The number of amides is 1. The minimum Gasteiger partial charge on any atom is -0.455 e. The SMILES string of the molecule is C[C@@H](NC(=O)COC(=O)Cc1noc2ccccc12)c1ccc(Cl)cc1Cl. The molecule has 0 saturated carbocycles. The number of carbonyl (C=O) groups excluding carboxylic acids is 2. The summed E-state index contributed by atoms with van der Waals surface area (Å²) < 4.78 is 10.2. The molecule has 27 heavy (non-hydrogen) atoms. The molecule has 140 valence electrons. The summed E-state index contributed by atoms with van der Waals surface area (Å²) in [6, 6.07) is 11.9. The predicted molar refractivity (Wildman–Crippen MR) is 102 cm³/mol. The van der Waals surface area contributed by atoms with Gasteiger partial charge in [-0.05, 0) is 36.8 Å². The van der Waals surface area contributed by atoms with Crippen LogP contribution < -0.4 is 5.32 Å². The molecule has 3 aromatic rings. The number of hydrogen-bond acceptors (Lipinski definition) is 5. The predicted octanol–water partition coefficient (Wildman–Crippen LogP) is 4.10. The summed E-state index contributed by atoms with van der Waals surface area (Å²) in [6.45, 7) is 1.38. The summed E-state index contributed by atoms with van der Waals surface area (Å²) in [4.78, 5) is 24.0. The maximum atomic E-state index is 12.0. The second-order valence-corrected chi connectivity index (χ2v) is 6.76. The zero-order valence-electron chi connectivity index (χ0n) is 14.4. The highest BCUT2D eigenvalue weighted by molar-refractivity contribution is 6.35. The van der Waals surface area contributed by atoms with Crippen molar-refractivity contribution in [1.82, 2.24) is 10.5 Å². The van der Waals surface area contributed by atoms with Gasteiger partial charge in [-0.25, -0.2) is 0 Å². The van der Waals surface area contributed by atoms with Crippen molar-refractivity contribution in [1.29, 1.82) is 0 Å². The number of aromatic nitrogens is 1. The van der Waals surface area contributed by atoms with Gasteiger partial charge in [0, 0.05) is 15.4 Å². The quantitative estimate of drug-likeness (QED) is 0.623. The van der Waals surface area contributed by atoms with E-state index in [2.05, 4.69) is 10.5 Å². The van der Waals surface area contributed by atoms with E-state index >= 15 is 0 Å². The molecule has 3 rings (SSSR count). The van der Waals surface area contributed by atoms with Gasteiger partial charge in [-0.2, -0.15) is 0 Å². The Balaban J connectivity index is 1.52. The lowest BCUT2D eigenvalue weighted by Crippen LogP contribution is -2.31. The number of halogens is 2. The molecule has 0 fully saturated rings. The van der Waals surface area contributed by atoms with Crippen LogP contribution in [0.5, 0.6) is 0 Å². The summed E-state index contributed by atoms with van der Waals surface area (Å²) >= 11 is 12.0. The topological polar surface area (TPSA) is 81.4 Å². The first kappa shape index (κ1) is 19.2. The van der Waals surface area contributed by atoms with Crippen molar-refractivity contribution in [3.05, 3.63) is 63.8 Å². The van der Waals surface area contributed by atoms with Crippen LogP contribution in [0.15, 0.2) is 47.0 Å². The monoisotopic (exact) mass is 406 g/mol. The average Bonchev–Trinajstić information content (AvgIpc) is 3.03. The van der Waals surface area contributed by atoms with Crippen LogP contribution in [0.3, 0.4) is 0 Å². The molecule has 2 aromatic carbocycles. The fraction of sp³-hybridized carbons (Fsp3) is 0.211. The molecule has 8 heteroatoms. The maximum absolute atomic E-state index is 12.0. The number of benzene rings is 2. The summed E-state index contributed by atoms with van der Waals surface area (Å²) in [6.07, 6.45) is -0.0805. The van der Waals surface area contributed by atoms with Gasteiger partial charge in [0.05, 0.1) is 12.5 Å². The van der Waals surface area contributed by atoms with E-state index in [-0.39, 0.29) is 12.5 Å². The molecular weight excluding hydrogens is 391 g/mol. The Kier molecular flexibility index (Phi) is 5.98. The molecule has 0 unspecified atom stereocenters. The highest BCUT2D eigenvalue weighted by Gasteiger charge is 2.16. The molecule has 0 radical (unpaired) electrons. The van der Waals surface area contributed by atoms with Gasteiger partial charge in [-0.3, -0.25) is 9.59 Å². The van der Waals surface area contributed by atoms with Crippen molar-refractivity contribution >= 4 is 46.0 Å². The summed E-state index contributed by atoms with van der Waals surface area (Å²) in [7, 11) is 0. The number of esters is 1. The van der Waals surface area contributed by atoms with E-state index in [4.69, 9.17) is 32.5 Å². The fourth-order valence-electron chi connectivity index (χ4n) is 2.61. The molecule has 1 heterocycles. The van der Waals surface area contributed by atoms with E-state index in [0.717, 1.165) is 10.9 Å². The lowest BCUT2D eigenvalue weighted by molar-refractivity contribution is -0.148. The van der Waals surface area contributed by atoms with Crippen LogP contribution >= 0.6 is 23.2 Å². The van der Waals surface area contributed by atoms with E-state index in [9.17, 15) is 9.59 Å². The second-order valence-electron chi connectivity index (χ2n) is 5.92. The number of ether oxygens (including phenoxy) is 1. The first-order chi connectivity index (χ1) is 12.9. The Bertz CT molecular complexity index is 987. The zero-order chi connectivity index (χ0) is 19.4. The number of hydrogen-bond donors (Lipinski definition) is 1. The summed E-state index contributed by atoms with van der Waals surface area (Å²) in [5.41, 5.74) is 1.78. The maximum Gasteiger partial charge on any atom is 0.312 e. The van der Waals surface area contributed by atoms with Crippen LogP contribution in [0.25, 0.3) is 11.0 Å². The Morgan fingerprint density at radius 3 is 2.78 bits per heavy atom. The summed E-state index contributed by atoms with van der Waals surface area (Å²) in [5, 5.41) is 8.29. The van der Waals surface area contributed by atoms with E-state index < -0.39 is 18.5 Å². The van der Waals surface area contributed by atoms with Crippen molar-refractivity contribution in [2.24, 2.45) is 0 Å². The molecule has 1 N–H and O–H groups in total. The van der Waals surface area contributed by atoms with E-state index in [1.807, 2.05) is 12.1 Å². The van der Waals surface area contributed by atoms with Crippen LogP contribution in [0.2, 0.25) is 10.0 Å². The molecule has 0 aliphatic rings. The van der Waals surface area contributed by atoms with Crippen LogP contribution in [0.4, 0.5) is 0 Å². The van der Waals surface area contributed by atoms with Crippen LogP contribution in [-0.2, 0) is 20.7 Å². The molecule has 6 nitrogen and oxygen atoms in total. The number of fused-ring (bicyclic) bond motifs is 1. The molecule has 0 spiro atoms. The molecule has 0 saturated heterocycles. The van der Waals surface area contributed by atoms with Gasteiger partial charge in [0.1, 0.15) is 5.69 Å². The van der Waals surface area contributed by atoms with Gasteiger partial charge in [0.15, 0.2) is 12.2 Å². The molecule has 1 aromatic heterocycles. The first-order valence-corrected chi connectivity index (χ1v) is 8.93. The first-order valence-electron chi connectivity index (χ1n) is 8.17. The lowest BCUT2D eigenvalue weighted by Gasteiger charge is -2.16. The number of para-hydroxylation sites is 1. The lowest BCUT2D eigenvalue weighted by atomic mass is 10.1. The molecule has 0 aliphatic heterocycles. The third kappa shape index (κ3) is 4.78. The van der Waals surface area contributed by atoms with Gasteiger partial charge < -0.3 is 14.6 Å². The smallest absolute Gasteiger partial charge is 0.312 e. The fourth-order valence-corrected chi connectivity index (χ4v) is 3.19. The Morgan fingerprint density at radius 1 is 1.22 bits per heavy atom. The molecule has 1 amide bonds. The highest BCUT2D eigenvalue weighted by Crippen LogP contribution is 2.26. The molecular formula is C19H16Cl2N2O4. The Hall–Kier alpha value is -2.57. The molecule has 0 bridgehead atoms. The van der Waals surface area contributed by atoms with Gasteiger partial charge in [0.25, 0.3) is 5.91 Å². The van der Waals surface area contributed by atoms with Crippen molar-refractivity contribution < 1.29 is 18.8 Å². The second kappa shape index (κ2) is 8.41. The van der Waals surface area contributed by atoms with E-state index in [0.29, 0.717) is 21.3 Å². The van der Waals surface area contributed by atoms with Crippen LogP contribution in [-0.4, -0.2) is 23.6 Å². The van der Waals surface area contributed by atoms with Crippen molar-refractivity contribution in [2.75, 3.05) is 6.61 Å². The molecule has 0 aliphatic carbocycles. The minimum absolute atomic E-state index is 0.0805. The van der Waals surface area contributed by atoms with E-state index in [1.54, 1.807) is 37.3 Å². The van der Waals surface area contributed by atoms with Gasteiger partial charge in [-0.15, -0.1) is 0 Å². The van der Waals surface area contributed by atoms with Crippen molar-refractivity contribution in [3.8, 4) is 0 Å². The number of carbonyl (C=O) groups is 2. The van der Waals surface area contributed by atoms with Gasteiger partial charge >= 0.3 is 5.97 Å². The molecule has 1 atom stereocenters. The normalized spacial score (nSPS) is 12.0. The van der Waals surface area contributed by atoms with Gasteiger partial charge in [-0.1, -0.05) is 46.6 Å². The van der Waals surface area contributed by atoms with Crippen molar-refractivity contribution in [2.45, 2.75) is 19.4 Å². The average molecular weight is 407 g/mol. The zero-order valence-corrected chi connectivity index (χ0v) is 15.9. The van der Waals surface area contributed by atoms with Crippen molar-refractivity contribution in [3.63, 3.8) is 0 Å². The third-order valence-corrected chi connectivity index (χ3v) is 4.50. The van der Waals surface area contributed by atoms with Gasteiger partial charge in [0.2, 0.25) is 0 Å². The number of nitrogens with zero attached hydrogens (tertiary/aromatic N) is 1. The Labute approximate surface area is 165 Å². The minimum atomic E-state index is -0.568. The largest absolute Gasteiger partial charge is 0.455 e.